The molecule has 0 saturated heterocycles. The second-order valence-electron chi connectivity index (χ2n) is 5.18. The van der Waals surface area contributed by atoms with Crippen LogP contribution in [0.1, 0.15) is 36.0 Å². The minimum absolute atomic E-state index is 0.148. The van der Waals surface area contributed by atoms with Crippen LogP contribution in [0.4, 0.5) is 0 Å². The van der Waals surface area contributed by atoms with E-state index in [1.165, 1.54) is 10.6 Å². The van der Waals surface area contributed by atoms with Crippen LogP contribution in [0, 0.1) is 0 Å². The second-order valence-corrected chi connectivity index (χ2v) is 5.18. The predicted octanol–water partition coefficient (Wildman–Crippen LogP) is 0.646. The zero-order valence-corrected chi connectivity index (χ0v) is 11.5. The highest BCUT2D eigenvalue weighted by Crippen LogP contribution is 2.18. The highest BCUT2D eigenvalue weighted by Gasteiger charge is 2.21. The molecule has 0 bridgehead atoms. The fourth-order valence-corrected chi connectivity index (χ4v) is 2.48. The lowest BCUT2D eigenvalue weighted by atomic mass is 9.91. The molecule has 0 radical (unpaired) electrons. The molecular weight excluding hydrogens is 242 g/mol. The van der Waals surface area contributed by atoms with E-state index in [-0.39, 0.29) is 17.5 Å². The summed E-state index contributed by atoms with van der Waals surface area (Å²) in [6.07, 6.45) is 5.76. The van der Waals surface area contributed by atoms with Crippen LogP contribution in [0.3, 0.4) is 0 Å². The minimum atomic E-state index is -0.161. The molecule has 0 spiro atoms. The average Bonchev–Trinajstić information content (AvgIpc) is 2.42. The van der Waals surface area contributed by atoms with Crippen molar-refractivity contribution in [3.63, 3.8) is 0 Å². The molecule has 5 nitrogen and oxygen atoms in total. The summed E-state index contributed by atoms with van der Waals surface area (Å²) in [5, 5.41) is 6.28. The van der Waals surface area contributed by atoms with Gasteiger partial charge in [0.2, 0.25) is 0 Å². The van der Waals surface area contributed by atoms with Gasteiger partial charge >= 0.3 is 0 Å². The zero-order chi connectivity index (χ0) is 13.8. The van der Waals surface area contributed by atoms with Crippen LogP contribution in [0.2, 0.25) is 0 Å². The van der Waals surface area contributed by atoms with Crippen LogP contribution in [0.15, 0.2) is 23.1 Å². The summed E-state index contributed by atoms with van der Waals surface area (Å²) in [7, 11) is 3.65. The fourth-order valence-electron chi connectivity index (χ4n) is 2.48. The summed E-state index contributed by atoms with van der Waals surface area (Å²) in [5.41, 5.74) is 0.283. The predicted molar refractivity (Wildman–Crippen MR) is 74.3 cm³/mol. The number of nitrogens with one attached hydrogen (secondary N) is 2. The van der Waals surface area contributed by atoms with Gasteiger partial charge in [0.15, 0.2) is 0 Å². The molecule has 1 fully saturated rings. The molecule has 0 aliphatic heterocycles. The number of nitrogens with zero attached hydrogens (tertiary/aromatic N) is 1. The molecule has 1 aromatic rings. The van der Waals surface area contributed by atoms with E-state index in [0.717, 1.165) is 25.7 Å². The van der Waals surface area contributed by atoms with Gasteiger partial charge in [-0.3, -0.25) is 9.59 Å². The first-order chi connectivity index (χ1) is 9.10. The van der Waals surface area contributed by atoms with Gasteiger partial charge in [0.05, 0.1) is 0 Å². The van der Waals surface area contributed by atoms with E-state index in [0.29, 0.717) is 11.6 Å². The van der Waals surface area contributed by atoms with E-state index in [1.807, 2.05) is 7.05 Å². The Morgan fingerprint density at radius 2 is 1.89 bits per heavy atom. The Morgan fingerprint density at radius 3 is 2.47 bits per heavy atom. The lowest BCUT2D eigenvalue weighted by Gasteiger charge is -2.28. The summed E-state index contributed by atoms with van der Waals surface area (Å²) >= 11 is 0. The molecule has 1 amide bonds. The minimum Gasteiger partial charge on any atom is -0.349 e. The molecule has 1 aliphatic carbocycles. The SMILES string of the molecule is CNC1CCC(NC(=O)c2ccn(C)c(=O)c2)CC1. The van der Waals surface area contributed by atoms with Gasteiger partial charge in [-0.25, -0.2) is 0 Å². The molecule has 5 heteroatoms. The smallest absolute Gasteiger partial charge is 0.251 e. The van der Waals surface area contributed by atoms with Crippen LogP contribution in [-0.4, -0.2) is 29.6 Å². The van der Waals surface area contributed by atoms with Gasteiger partial charge in [-0.2, -0.15) is 0 Å². The van der Waals surface area contributed by atoms with Crippen molar-refractivity contribution < 1.29 is 4.79 Å². The Kier molecular flexibility index (Phi) is 4.37. The molecule has 0 atom stereocenters. The Labute approximate surface area is 113 Å². The Balaban J connectivity index is 1.94. The van der Waals surface area contributed by atoms with Crippen molar-refractivity contribution >= 4 is 5.91 Å². The third-order valence-corrected chi connectivity index (χ3v) is 3.84. The van der Waals surface area contributed by atoms with Gasteiger partial charge in [0.1, 0.15) is 0 Å². The second kappa shape index (κ2) is 6.02. The maximum atomic E-state index is 12.1. The fraction of sp³-hybridized carbons (Fsp3) is 0.571. The number of pyridine rings is 1. The van der Waals surface area contributed by atoms with E-state index < -0.39 is 0 Å². The van der Waals surface area contributed by atoms with Crippen molar-refractivity contribution in [2.24, 2.45) is 7.05 Å². The quantitative estimate of drug-likeness (QED) is 0.841. The number of hydrogen-bond donors (Lipinski definition) is 2. The van der Waals surface area contributed by atoms with Gasteiger partial charge in [-0.05, 0) is 38.8 Å². The zero-order valence-electron chi connectivity index (χ0n) is 11.5. The molecular formula is C14H21N3O2. The average molecular weight is 263 g/mol. The van der Waals surface area contributed by atoms with Gasteiger partial charge in [-0.1, -0.05) is 0 Å². The molecule has 0 aromatic carbocycles. The van der Waals surface area contributed by atoms with Crippen molar-refractivity contribution in [2.75, 3.05) is 7.05 Å². The third kappa shape index (κ3) is 3.44. The summed E-state index contributed by atoms with van der Waals surface area (Å²) in [6.45, 7) is 0. The van der Waals surface area contributed by atoms with E-state index in [1.54, 1.807) is 19.3 Å². The highest BCUT2D eigenvalue weighted by atomic mass is 16.2. The van der Waals surface area contributed by atoms with Crippen LogP contribution in [0.25, 0.3) is 0 Å². The Hall–Kier alpha value is -1.62. The molecule has 1 aliphatic rings. The maximum absolute atomic E-state index is 12.1. The lowest BCUT2D eigenvalue weighted by molar-refractivity contribution is 0.0924. The monoisotopic (exact) mass is 263 g/mol. The van der Waals surface area contributed by atoms with Crippen molar-refractivity contribution in [2.45, 2.75) is 37.8 Å². The van der Waals surface area contributed by atoms with Gasteiger partial charge in [0, 0.05) is 37.0 Å². The topological polar surface area (TPSA) is 63.1 Å². The van der Waals surface area contributed by atoms with E-state index >= 15 is 0 Å². The normalized spacial score (nSPS) is 23.1. The Bertz CT molecular complexity index is 502. The van der Waals surface area contributed by atoms with Gasteiger partial charge in [-0.15, -0.1) is 0 Å². The summed E-state index contributed by atoms with van der Waals surface area (Å²) in [4.78, 5) is 23.5. The summed E-state index contributed by atoms with van der Waals surface area (Å²) in [6, 6.07) is 3.85. The molecule has 1 saturated carbocycles. The first-order valence-electron chi connectivity index (χ1n) is 6.75. The van der Waals surface area contributed by atoms with Crippen molar-refractivity contribution in [3.05, 3.63) is 34.2 Å². The van der Waals surface area contributed by atoms with Crippen molar-refractivity contribution in [3.8, 4) is 0 Å². The highest BCUT2D eigenvalue weighted by molar-refractivity contribution is 5.94. The molecule has 0 unspecified atom stereocenters. The van der Waals surface area contributed by atoms with Crippen LogP contribution in [0.5, 0.6) is 0 Å². The first kappa shape index (κ1) is 13.8. The van der Waals surface area contributed by atoms with E-state index in [4.69, 9.17) is 0 Å². The first-order valence-corrected chi connectivity index (χ1v) is 6.75. The number of rotatable bonds is 3. The number of aromatic nitrogens is 1. The van der Waals surface area contributed by atoms with Crippen molar-refractivity contribution in [1.29, 1.82) is 0 Å². The number of aryl methyl sites for hydroxylation is 1. The van der Waals surface area contributed by atoms with Crippen molar-refractivity contribution in [1.82, 2.24) is 15.2 Å². The lowest BCUT2D eigenvalue weighted by Crippen LogP contribution is -2.41. The number of amides is 1. The third-order valence-electron chi connectivity index (χ3n) is 3.84. The van der Waals surface area contributed by atoms with E-state index in [2.05, 4.69) is 10.6 Å². The van der Waals surface area contributed by atoms with E-state index in [9.17, 15) is 9.59 Å². The van der Waals surface area contributed by atoms with Crippen LogP contribution in [-0.2, 0) is 7.05 Å². The molecule has 1 heterocycles. The van der Waals surface area contributed by atoms with Gasteiger partial charge < -0.3 is 15.2 Å². The maximum Gasteiger partial charge on any atom is 0.251 e. The standard InChI is InChI=1S/C14H21N3O2/c1-15-11-3-5-12(6-4-11)16-14(19)10-7-8-17(2)13(18)9-10/h7-9,11-12,15H,3-6H2,1-2H3,(H,16,19). The number of hydrogen-bond acceptors (Lipinski definition) is 3. The Morgan fingerprint density at radius 1 is 1.26 bits per heavy atom. The molecule has 1 aromatic heterocycles. The molecule has 2 rings (SSSR count). The molecule has 2 N–H and O–H groups in total. The van der Waals surface area contributed by atoms with Crippen LogP contribution >= 0.6 is 0 Å². The number of carbonyl (C=O) groups excluding carboxylic acids is 1. The summed E-state index contributed by atoms with van der Waals surface area (Å²) < 4.78 is 1.45. The summed E-state index contributed by atoms with van der Waals surface area (Å²) in [5.74, 6) is -0.148. The molecule has 104 valence electrons. The largest absolute Gasteiger partial charge is 0.349 e. The van der Waals surface area contributed by atoms with Gasteiger partial charge in [0.25, 0.3) is 11.5 Å². The number of carbonyl (C=O) groups is 1. The molecule has 19 heavy (non-hydrogen) atoms. The van der Waals surface area contributed by atoms with Crippen LogP contribution < -0.4 is 16.2 Å².